The third-order valence-corrected chi connectivity index (χ3v) is 3.63. The van der Waals surface area contributed by atoms with E-state index in [1.165, 1.54) is 47.2 Å². The van der Waals surface area contributed by atoms with Crippen LogP contribution in [-0.4, -0.2) is 16.0 Å². The van der Waals surface area contributed by atoms with Crippen molar-refractivity contribution in [2.45, 2.75) is 5.57 Å². The number of rotatable bonds is 5. The fourth-order valence-electron chi connectivity index (χ4n) is 2.35. The first kappa shape index (κ1) is 18.6. The van der Waals surface area contributed by atoms with E-state index in [1.807, 2.05) is 6.07 Å². The molecule has 0 atom stereocenters. The second-order valence-electron chi connectivity index (χ2n) is 5.49. The molecule has 138 valence electrons. The zero-order valence-electron chi connectivity index (χ0n) is 13.7. The molecular formula is C19H13ClF2N2O3. The Hall–Kier alpha value is -3.19. The van der Waals surface area contributed by atoms with Crippen molar-refractivity contribution in [2.75, 3.05) is 5.32 Å². The van der Waals surface area contributed by atoms with Crippen molar-refractivity contribution in [3.63, 3.8) is 0 Å². The number of anilines is 1. The molecule has 1 N–H and O–H groups in total. The van der Waals surface area contributed by atoms with Gasteiger partial charge in [-0.2, -0.15) is 0 Å². The molecule has 1 heterocycles. The van der Waals surface area contributed by atoms with Crippen molar-refractivity contribution in [3.05, 3.63) is 88.8 Å². The maximum atomic E-state index is 12.6. The fourth-order valence-corrected chi connectivity index (χ4v) is 2.44. The average molecular weight is 391 g/mol. The highest BCUT2D eigenvalue weighted by atomic mass is 35.5. The number of carbonyl (C=O) groups excluding carboxylic acids is 1. The van der Waals surface area contributed by atoms with E-state index >= 15 is 0 Å². The summed E-state index contributed by atoms with van der Waals surface area (Å²) in [5.74, 6) is -0.610. The zero-order valence-corrected chi connectivity index (χ0v) is 14.5. The lowest BCUT2D eigenvalue weighted by molar-refractivity contribution is -0.0964. The summed E-state index contributed by atoms with van der Waals surface area (Å²) < 4.78 is 30.8. The molecule has 3 rings (SSSR count). The molecule has 0 aliphatic rings. The van der Waals surface area contributed by atoms with Gasteiger partial charge in [-0.1, -0.05) is 18.2 Å². The number of hydrogen-bond acceptors (Lipinski definition) is 3. The minimum atomic E-state index is -3.81. The second-order valence-corrected chi connectivity index (χ2v) is 5.93. The van der Waals surface area contributed by atoms with Gasteiger partial charge in [-0.05, 0) is 42.5 Å². The van der Waals surface area contributed by atoms with E-state index in [-0.39, 0.29) is 16.9 Å². The van der Waals surface area contributed by atoms with Gasteiger partial charge in [0, 0.05) is 35.2 Å². The molecule has 1 aromatic heterocycles. The summed E-state index contributed by atoms with van der Waals surface area (Å²) >= 11 is 4.70. The van der Waals surface area contributed by atoms with Gasteiger partial charge in [-0.3, -0.25) is 14.2 Å². The molecule has 0 saturated heterocycles. The Bertz CT molecular complexity index is 1000. The molecule has 0 aliphatic carbocycles. The van der Waals surface area contributed by atoms with Gasteiger partial charge in [0.15, 0.2) is 0 Å². The third kappa shape index (κ3) is 4.92. The first-order valence-electron chi connectivity index (χ1n) is 7.77. The maximum absolute atomic E-state index is 12.6. The van der Waals surface area contributed by atoms with Crippen LogP contribution in [0.4, 0.5) is 14.5 Å². The summed E-state index contributed by atoms with van der Waals surface area (Å²) in [6.45, 7) is 0. The largest absolute Gasteiger partial charge is 0.487 e. The predicted molar refractivity (Wildman–Crippen MR) is 97.9 cm³/mol. The van der Waals surface area contributed by atoms with Crippen molar-refractivity contribution in [1.29, 1.82) is 0 Å². The molecule has 0 bridgehead atoms. The van der Waals surface area contributed by atoms with Gasteiger partial charge in [-0.15, -0.1) is 8.78 Å². The van der Waals surface area contributed by atoms with Gasteiger partial charge >= 0.3 is 5.57 Å². The summed E-state index contributed by atoms with van der Waals surface area (Å²) in [4.78, 5) is 24.5. The highest BCUT2D eigenvalue weighted by Crippen LogP contribution is 2.26. The average Bonchev–Trinajstić information content (AvgIpc) is 2.63. The van der Waals surface area contributed by atoms with E-state index in [1.54, 1.807) is 24.3 Å². The lowest BCUT2D eigenvalue weighted by atomic mass is 10.2. The van der Waals surface area contributed by atoms with Gasteiger partial charge in [0.05, 0.1) is 5.56 Å². The number of alkyl halides is 3. The quantitative estimate of drug-likeness (QED) is 0.662. The number of para-hydroxylation sites is 1. The van der Waals surface area contributed by atoms with Crippen LogP contribution in [0.3, 0.4) is 0 Å². The summed E-state index contributed by atoms with van der Waals surface area (Å²) in [5.41, 5.74) is -2.84. The molecule has 0 saturated carbocycles. The van der Waals surface area contributed by atoms with Crippen LogP contribution >= 0.6 is 11.6 Å². The first-order valence-corrected chi connectivity index (χ1v) is 8.15. The first-order chi connectivity index (χ1) is 12.8. The molecule has 0 radical (unpaired) electrons. The van der Waals surface area contributed by atoms with Crippen LogP contribution in [0.1, 0.15) is 10.4 Å². The van der Waals surface area contributed by atoms with Crippen molar-refractivity contribution < 1.29 is 18.3 Å². The number of ether oxygens (including phenoxy) is 1. The number of hydrogen-bond donors (Lipinski definition) is 1. The number of amides is 1. The van der Waals surface area contributed by atoms with E-state index in [9.17, 15) is 18.4 Å². The van der Waals surface area contributed by atoms with Crippen LogP contribution in [0, 0.1) is 0 Å². The van der Waals surface area contributed by atoms with E-state index in [2.05, 4.69) is 10.1 Å². The van der Waals surface area contributed by atoms with Gasteiger partial charge < -0.3 is 10.1 Å². The highest BCUT2D eigenvalue weighted by Gasteiger charge is 2.27. The Morgan fingerprint density at radius 2 is 1.67 bits per heavy atom. The monoisotopic (exact) mass is 390 g/mol. The van der Waals surface area contributed by atoms with Crippen LogP contribution in [0.2, 0.25) is 0 Å². The number of halogens is 3. The third-order valence-electron chi connectivity index (χ3n) is 3.55. The Morgan fingerprint density at radius 1 is 1.00 bits per heavy atom. The van der Waals surface area contributed by atoms with Crippen LogP contribution in [0.5, 0.6) is 5.75 Å². The Kier molecular flexibility index (Phi) is 5.23. The lowest BCUT2D eigenvalue weighted by Crippen LogP contribution is -2.20. The van der Waals surface area contributed by atoms with Gasteiger partial charge in [0.25, 0.3) is 11.5 Å². The van der Waals surface area contributed by atoms with Crippen molar-refractivity contribution in [2.24, 2.45) is 0 Å². The molecular weight excluding hydrogens is 378 g/mol. The maximum Gasteiger partial charge on any atom is 0.487 e. The minimum Gasteiger partial charge on any atom is -0.420 e. The number of nitrogens with one attached hydrogen (secondary N) is 1. The second kappa shape index (κ2) is 7.59. The van der Waals surface area contributed by atoms with Crippen LogP contribution < -0.4 is 15.6 Å². The SMILES string of the molecule is O=C(Nc1ccc(OC(F)(F)Cl)cc1)c1ccc(=O)n(-c2ccccc2)c1. The van der Waals surface area contributed by atoms with Crippen molar-refractivity contribution in [1.82, 2.24) is 4.57 Å². The molecule has 0 aliphatic heterocycles. The predicted octanol–water partition coefficient (Wildman–Crippen LogP) is 4.26. The normalized spacial score (nSPS) is 11.1. The minimum absolute atomic E-state index is 0.148. The number of carbonyl (C=O) groups is 1. The van der Waals surface area contributed by atoms with E-state index in [4.69, 9.17) is 11.6 Å². The Morgan fingerprint density at radius 3 is 2.30 bits per heavy atom. The van der Waals surface area contributed by atoms with E-state index in [0.29, 0.717) is 11.4 Å². The molecule has 2 aromatic carbocycles. The Labute approximate surface area is 157 Å². The number of aromatic nitrogens is 1. The number of nitrogens with zero attached hydrogens (tertiary/aromatic N) is 1. The Balaban J connectivity index is 1.78. The summed E-state index contributed by atoms with van der Waals surface area (Å²) in [6.07, 6.45) is 1.43. The summed E-state index contributed by atoms with van der Waals surface area (Å²) in [7, 11) is 0. The van der Waals surface area contributed by atoms with E-state index in [0.717, 1.165) is 0 Å². The van der Waals surface area contributed by atoms with Crippen LogP contribution in [0.15, 0.2) is 77.7 Å². The molecule has 8 heteroatoms. The molecule has 5 nitrogen and oxygen atoms in total. The fraction of sp³-hybridized carbons (Fsp3) is 0.0526. The number of benzene rings is 2. The van der Waals surface area contributed by atoms with Crippen LogP contribution in [0.25, 0.3) is 5.69 Å². The summed E-state index contributed by atoms with van der Waals surface area (Å²) in [5, 5.41) is 2.62. The molecule has 0 unspecified atom stereocenters. The van der Waals surface area contributed by atoms with Crippen molar-refractivity contribution >= 4 is 23.2 Å². The highest BCUT2D eigenvalue weighted by molar-refractivity contribution is 6.20. The molecule has 27 heavy (non-hydrogen) atoms. The van der Waals surface area contributed by atoms with Gasteiger partial charge in [0.2, 0.25) is 0 Å². The number of pyridine rings is 1. The van der Waals surface area contributed by atoms with Crippen LogP contribution in [-0.2, 0) is 0 Å². The topological polar surface area (TPSA) is 60.3 Å². The van der Waals surface area contributed by atoms with E-state index < -0.39 is 11.5 Å². The lowest BCUT2D eigenvalue weighted by Gasteiger charge is -2.12. The zero-order chi connectivity index (χ0) is 19.4. The van der Waals surface area contributed by atoms with Gasteiger partial charge in [-0.25, -0.2) is 0 Å². The molecule has 0 fully saturated rings. The smallest absolute Gasteiger partial charge is 0.420 e. The summed E-state index contributed by atoms with van der Waals surface area (Å²) in [6, 6.07) is 16.8. The molecule has 1 amide bonds. The molecule has 0 spiro atoms. The molecule has 3 aromatic rings. The van der Waals surface area contributed by atoms with Crippen molar-refractivity contribution in [3.8, 4) is 11.4 Å². The standard InChI is InChI=1S/C19H13ClF2N2O3/c20-19(21,22)27-16-9-7-14(8-10-16)23-18(26)13-6-11-17(25)24(12-13)15-4-2-1-3-5-15/h1-12H,(H,23,26). The van der Waals surface area contributed by atoms with Gasteiger partial charge in [0.1, 0.15) is 5.75 Å².